The van der Waals surface area contributed by atoms with Gasteiger partial charge in [0.2, 0.25) is 5.91 Å². The minimum absolute atomic E-state index is 0.0469. The van der Waals surface area contributed by atoms with Crippen LogP contribution in [0.25, 0.3) is 5.69 Å². The van der Waals surface area contributed by atoms with Crippen molar-refractivity contribution >= 4 is 35.0 Å². The van der Waals surface area contributed by atoms with Gasteiger partial charge >= 0.3 is 0 Å². The molecule has 0 unspecified atom stereocenters. The molecule has 0 radical (unpaired) electrons. The van der Waals surface area contributed by atoms with Crippen LogP contribution in [0.1, 0.15) is 18.1 Å². The van der Waals surface area contributed by atoms with Crippen molar-refractivity contribution in [2.24, 2.45) is 0 Å². The first-order valence-corrected chi connectivity index (χ1v) is 9.54. The summed E-state index contributed by atoms with van der Waals surface area (Å²) in [7, 11) is 0. The van der Waals surface area contributed by atoms with E-state index in [4.69, 9.17) is 11.6 Å². The van der Waals surface area contributed by atoms with Gasteiger partial charge in [-0.3, -0.25) is 9.36 Å². The molecule has 134 valence electrons. The lowest BCUT2D eigenvalue weighted by Crippen LogP contribution is -2.23. The van der Waals surface area contributed by atoms with E-state index in [0.717, 1.165) is 27.7 Å². The number of nitrogens with zero attached hydrogens (tertiary/aromatic N) is 2. The molecule has 1 N–H and O–H groups in total. The fourth-order valence-electron chi connectivity index (χ4n) is 2.49. The van der Waals surface area contributed by atoms with Crippen molar-refractivity contribution in [3.05, 3.63) is 71.0 Å². The Hall–Kier alpha value is -2.24. The van der Waals surface area contributed by atoms with Crippen LogP contribution in [0.2, 0.25) is 5.02 Å². The van der Waals surface area contributed by atoms with Crippen molar-refractivity contribution in [3.8, 4) is 5.69 Å². The van der Waals surface area contributed by atoms with Crippen molar-refractivity contribution in [2.75, 3.05) is 5.32 Å². The lowest BCUT2D eigenvalue weighted by atomic mass is 10.1. The largest absolute Gasteiger partial charge is 0.325 e. The number of hydrogen-bond donors (Lipinski definition) is 1. The number of carbonyl (C=O) groups is 1. The van der Waals surface area contributed by atoms with Gasteiger partial charge in [-0.05, 0) is 62.2 Å². The number of nitrogens with one attached hydrogen (secondary N) is 1. The quantitative estimate of drug-likeness (QED) is 0.609. The molecular formula is C20H20ClN3OS. The van der Waals surface area contributed by atoms with Crippen LogP contribution in [-0.4, -0.2) is 20.7 Å². The van der Waals surface area contributed by atoms with Crippen molar-refractivity contribution in [1.29, 1.82) is 0 Å². The van der Waals surface area contributed by atoms with Crippen LogP contribution in [0.4, 0.5) is 5.69 Å². The van der Waals surface area contributed by atoms with Crippen LogP contribution in [0.3, 0.4) is 0 Å². The monoisotopic (exact) mass is 385 g/mol. The van der Waals surface area contributed by atoms with E-state index in [0.29, 0.717) is 5.02 Å². The fourth-order valence-corrected chi connectivity index (χ4v) is 3.50. The molecule has 1 amide bonds. The normalized spacial score (nSPS) is 12.0. The summed E-state index contributed by atoms with van der Waals surface area (Å²) in [6, 6.07) is 13.6. The van der Waals surface area contributed by atoms with E-state index in [2.05, 4.69) is 10.3 Å². The number of rotatable bonds is 5. The number of aromatic nitrogens is 2. The van der Waals surface area contributed by atoms with E-state index in [1.165, 1.54) is 11.8 Å². The van der Waals surface area contributed by atoms with Gasteiger partial charge in [-0.1, -0.05) is 35.5 Å². The molecule has 0 aliphatic rings. The molecule has 0 saturated heterocycles. The molecule has 0 fully saturated rings. The third-order valence-corrected chi connectivity index (χ3v) is 5.35. The first kappa shape index (κ1) is 18.5. The first-order chi connectivity index (χ1) is 12.4. The Morgan fingerprint density at radius 1 is 1.19 bits per heavy atom. The summed E-state index contributed by atoms with van der Waals surface area (Å²) in [5.41, 5.74) is 3.97. The van der Waals surface area contributed by atoms with Gasteiger partial charge in [0.1, 0.15) is 0 Å². The second-order valence-electron chi connectivity index (χ2n) is 6.12. The highest BCUT2D eigenvalue weighted by Gasteiger charge is 2.18. The number of benzene rings is 2. The topological polar surface area (TPSA) is 46.9 Å². The molecule has 2 aromatic carbocycles. The van der Waals surface area contributed by atoms with Crippen molar-refractivity contribution < 1.29 is 4.79 Å². The Labute approximate surface area is 162 Å². The van der Waals surface area contributed by atoms with Gasteiger partial charge in [0.15, 0.2) is 5.16 Å². The van der Waals surface area contributed by atoms with Gasteiger partial charge in [0.05, 0.1) is 5.25 Å². The molecule has 0 aliphatic carbocycles. The van der Waals surface area contributed by atoms with Crippen LogP contribution < -0.4 is 5.32 Å². The van der Waals surface area contributed by atoms with E-state index in [9.17, 15) is 4.79 Å². The zero-order chi connectivity index (χ0) is 18.7. The predicted molar refractivity (Wildman–Crippen MR) is 108 cm³/mol. The Balaban J connectivity index is 1.73. The molecule has 3 rings (SSSR count). The highest BCUT2D eigenvalue weighted by Crippen LogP contribution is 2.26. The van der Waals surface area contributed by atoms with Crippen molar-refractivity contribution in [2.45, 2.75) is 31.2 Å². The molecule has 4 nitrogen and oxygen atoms in total. The van der Waals surface area contributed by atoms with Crippen molar-refractivity contribution in [3.63, 3.8) is 0 Å². The zero-order valence-electron chi connectivity index (χ0n) is 14.9. The van der Waals surface area contributed by atoms with Gasteiger partial charge in [-0.25, -0.2) is 4.98 Å². The van der Waals surface area contributed by atoms with E-state index in [1.807, 2.05) is 74.0 Å². The molecule has 6 heteroatoms. The van der Waals surface area contributed by atoms with Gasteiger partial charge in [0.25, 0.3) is 0 Å². The summed E-state index contributed by atoms with van der Waals surface area (Å²) in [6.07, 6.45) is 3.60. The summed E-state index contributed by atoms with van der Waals surface area (Å²) in [5.74, 6) is -0.0469. The van der Waals surface area contributed by atoms with Gasteiger partial charge in [-0.15, -0.1) is 0 Å². The summed E-state index contributed by atoms with van der Waals surface area (Å²) in [5, 5.41) is 4.17. The minimum atomic E-state index is -0.289. The predicted octanol–water partition coefficient (Wildman–Crippen LogP) is 5.26. The molecule has 26 heavy (non-hydrogen) atoms. The fraction of sp³-hybridized carbons (Fsp3) is 0.200. The maximum atomic E-state index is 12.6. The number of amides is 1. The zero-order valence-corrected chi connectivity index (χ0v) is 16.4. The highest BCUT2D eigenvalue weighted by atomic mass is 35.5. The second-order valence-corrected chi connectivity index (χ2v) is 7.87. The van der Waals surface area contributed by atoms with E-state index >= 15 is 0 Å². The molecule has 0 bridgehead atoms. The van der Waals surface area contributed by atoms with Crippen LogP contribution >= 0.6 is 23.4 Å². The Kier molecular flexibility index (Phi) is 5.69. The molecule has 0 saturated carbocycles. The molecule has 1 aromatic heterocycles. The van der Waals surface area contributed by atoms with Gasteiger partial charge in [0, 0.05) is 28.8 Å². The highest BCUT2D eigenvalue weighted by molar-refractivity contribution is 8.00. The average Bonchev–Trinajstić information content (AvgIpc) is 3.07. The third-order valence-electron chi connectivity index (χ3n) is 4.01. The van der Waals surface area contributed by atoms with Crippen LogP contribution in [0, 0.1) is 13.8 Å². The molecular weight excluding hydrogens is 366 g/mol. The average molecular weight is 386 g/mol. The van der Waals surface area contributed by atoms with E-state index in [1.54, 1.807) is 6.20 Å². The van der Waals surface area contributed by atoms with Crippen LogP contribution in [-0.2, 0) is 4.79 Å². The van der Waals surface area contributed by atoms with E-state index in [-0.39, 0.29) is 11.2 Å². The molecule has 1 atom stereocenters. The minimum Gasteiger partial charge on any atom is -0.325 e. The first-order valence-electron chi connectivity index (χ1n) is 8.28. The van der Waals surface area contributed by atoms with E-state index < -0.39 is 0 Å². The summed E-state index contributed by atoms with van der Waals surface area (Å²) in [4.78, 5) is 17.0. The lowest BCUT2D eigenvalue weighted by Gasteiger charge is -2.15. The van der Waals surface area contributed by atoms with Crippen molar-refractivity contribution in [1.82, 2.24) is 9.55 Å². The summed E-state index contributed by atoms with van der Waals surface area (Å²) >= 11 is 7.38. The standard InChI is InChI=1S/C20H20ClN3OS/c1-13-4-5-14(2)18(12-13)23-19(25)15(3)26-20-22-10-11-24(20)17-8-6-16(21)7-9-17/h4-12,15H,1-3H3,(H,23,25)/t15-/m0/s1. The smallest absolute Gasteiger partial charge is 0.237 e. The van der Waals surface area contributed by atoms with Gasteiger partial charge in [-0.2, -0.15) is 0 Å². The Morgan fingerprint density at radius 2 is 1.92 bits per heavy atom. The SMILES string of the molecule is Cc1ccc(C)c(NC(=O)[C@H](C)Sc2nccn2-c2ccc(Cl)cc2)c1. The van der Waals surface area contributed by atoms with Gasteiger partial charge < -0.3 is 5.32 Å². The number of anilines is 1. The number of halogens is 1. The molecule has 0 spiro atoms. The second kappa shape index (κ2) is 7.98. The maximum Gasteiger partial charge on any atom is 0.237 e. The Bertz CT molecular complexity index is 921. The molecule has 0 aliphatic heterocycles. The number of carbonyl (C=O) groups excluding carboxylic acids is 1. The maximum absolute atomic E-state index is 12.6. The number of aryl methyl sites for hydroxylation is 2. The number of imidazole rings is 1. The number of hydrogen-bond acceptors (Lipinski definition) is 3. The third kappa shape index (κ3) is 4.29. The molecule has 1 heterocycles. The molecule has 3 aromatic rings. The number of thioether (sulfide) groups is 1. The van der Waals surface area contributed by atoms with Crippen LogP contribution in [0.5, 0.6) is 0 Å². The Morgan fingerprint density at radius 3 is 2.65 bits per heavy atom. The summed E-state index contributed by atoms with van der Waals surface area (Å²) < 4.78 is 1.95. The summed E-state index contributed by atoms with van der Waals surface area (Å²) in [6.45, 7) is 5.88. The van der Waals surface area contributed by atoms with Crippen LogP contribution in [0.15, 0.2) is 60.0 Å². The lowest BCUT2D eigenvalue weighted by molar-refractivity contribution is -0.115.